The van der Waals surface area contributed by atoms with Crippen LogP contribution < -0.4 is 0 Å². The van der Waals surface area contributed by atoms with E-state index < -0.39 is 0 Å². The largest absolute Gasteiger partial charge is 0.342 e. The third-order valence-electron chi connectivity index (χ3n) is 4.14. The summed E-state index contributed by atoms with van der Waals surface area (Å²) in [6.45, 7) is 0. The van der Waals surface area contributed by atoms with E-state index in [-0.39, 0.29) is 0 Å². The lowest BCUT2D eigenvalue weighted by Crippen LogP contribution is -2.13. The van der Waals surface area contributed by atoms with Crippen LogP contribution in [0.25, 0.3) is 11.0 Å². The number of aromatic amines is 1. The lowest BCUT2D eigenvalue weighted by atomic mass is 9.83. The molecule has 0 spiro atoms. The van der Waals surface area contributed by atoms with Gasteiger partial charge in [0.2, 0.25) is 0 Å². The molecule has 0 saturated carbocycles. The second-order valence-corrected chi connectivity index (χ2v) is 5.35. The smallest absolute Gasteiger partial charge is 0.110 e. The van der Waals surface area contributed by atoms with Crippen molar-refractivity contribution in [1.82, 2.24) is 9.97 Å². The van der Waals surface area contributed by atoms with Gasteiger partial charge in [0.25, 0.3) is 0 Å². The molecule has 1 aromatic heterocycles. The minimum atomic E-state index is 0.530. The summed E-state index contributed by atoms with van der Waals surface area (Å²) in [5, 5.41) is 0. The maximum atomic E-state index is 4.75. The molecule has 0 fully saturated rings. The van der Waals surface area contributed by atoms with E-state index in [9.17, 15) is 0 Å². The molecule has 0 saturated heterocycles. The van der Waals surface area contributed by atoms with E-state index in [4.69, 9.17) is 4.98 Å². The van der Waals surface area contributed by atoms with Gasteiger partial charge in [-0.2, -0.15) is 0 Å². The highest BCUT2D eigenvalue weighted by Gasteiger charge is 2.22. The Balaban J connectivity index is 1.70. The highest BCUT2D eigenvalue weighted by atomic mass is 14.9. The van der Waals surface area contributed by atoms with Gasteiger partial charge in [0.05, 0.1) is 11.0 Å². The Bertz CT molecular complexity index is 694. The molecular formula is C17H16N2. The van der Waals surface area contributed by atoms with Gasteiger partial charge in [-0.1, -0.05) is 36.4 Å². The van der Waals surface area contributed by atoms with Gasteiger partial charge in [-0.25, -0.2) is 4.98 Å². The van der Waals surface area contributed by atoms with E-state index in [1.807, 2.05) is 6.07 Å². The fourth-order valence-electron chi connectivity index (χ4n) is 3.10. The van der Waals surface area contributed by atoms with E-state index in [0.29, 0.717) is 5.92 Å². The van der Waals surface area contributed by atoms with Gasteiger partial charge in [-0.3, -0.25) is 0 Å². The molecule has 2 nitrogen and oxygen atoms in total. The van der Waals surface area contributed by atoms with E-state index in [1.165, 1.54) is 17.5 Å². The number of aromatic nitrogens is 2. The van der Waals surface area contributed by atoms with Crippen molar-refractivity contribution in [2.24, 2.45) is 0 Å². The monoisotopic (exact) mass is 248 g/mol. The Morgan fingerprint density at radius 1 is 0.947 bits per heavy atom. The number of aryl methyl sites for hydroxylation is 1. The Morgan fingerprint density at radius 3 is 2.63 bits per heavy atom. The van der Waals surface area contributed by atoms with Gasteiger partial charge in [-0.05, 0) is 42.5 Å². The molecule has 1 atom stereocenters. The lowest BCUT2D eigenvalue weighted by Gasteiger charge is -2.22. The highest BCUT2D eigenvalue weighted by Crippen LogP contribution is 2.31. The zero-order chi connectivity index (χ0) is 12.7. The fraction of sp³-hybridized carbons (Fsp3) is 0.235. The summed E-state index contributed by atoms with van der Waals surface area (Å²) in [5.41, 5.74) is 5.22. The summed E-state index contributed by atoms with van der Waals surface area (Å²) >= 11 is 0. The van der Waals surface area contributed by atoms with Gasteiger partial charge in [-0.15, -0.1) is 0 Å². The summed E-state index contributed by atoms with van der Waals surface area (Å²) in [5.74, 6) is 1.68. The first-order valence-corrected chi connectivity index (χ1v) is 6.91. The lowest BCUT2D eigenvalue weighted by molar-refractivity contribution is 0.561. The summed E-state index contributed by atoms with van der Waals surface area (Å²) in [6, 6.07) is 17.1. The number of H-pyrrole nitrogens is 1. The Hall–Kier alpha value is -2.09. The molecule has 0 aliphatic heterocycles. The molecule has 1 aliphatic carbocycles. The van der Waals surface area contributed by atoms with Crippen LogP contribution in [0, 0.1) is 0 Å². The third-order valence-corrected chi connectivity index (χ3v) is 4.14. The van der Waals surface area contributed by atoms with Crippen molar-refractivity contribution in [3.8, 4) is 0 Å². The number of imidazole rings is 1. The number of hydrogen-bond donors (Lipinski definition) is 1. The van der Waals surface area contributed by atoms with Gasteiger partial charge in [0, 0.05) is 5.92 Å². The van der Waals surface area contributed by atoms with Crippen LogP contribution in [0.15, 0.2) is 48.5 Å². The average molecular weight is 248 g/mol. The molecule has 94 valence electrons. The molecule has 2 heteroatoms. The molecule has 1 aliphatic rings. The summed E-state index contributed by atoms with van der Waals surface area (Å²) in [6.07, 6.45) is 3.46. The molecule has 0 bridgehead atoms. The second kappa shape index (κ2) is 4.23. The molecule has 1 unspecified atom stereocenters. The van der Waals surface area contributed by atoms with Crippen LogP contribution in [0.1, 0.15) is 29.3 Å². The van der Waals surface area contributed by atoms with Crippen LogP contribution in [0.5, 0.6) is 0 Å². The number of para-hydroxylation sites is 2. The Morgan fingerprint density at radius 2 is 1.74 bits per heavy atom. The minimum Gasteiger partial charge on any atom is -0.342 e. The van der Waals surface area contributed by atoms with Gasteiger partial charge in [0.15, 0.2) is 0 Å². The van der Waals surface area contributed by atoms with Crippen molar-refractivity contribution in [3.05, 3.63) is 65.5 Å². The first-order valence-electron chi connectivity index (χ1n) is 6.91. The van der Waals surface area contributed by atoms with Crippen molar-refractivity contribution in [2.45, 2.75) is 25.2 Å². The number of nitrogens with one attached hydrogen (secondary N) is 1. The molecule has 2 aromatic carbocycles. The number of rotatable bonds is 1. The van der Waals surface area contributed by atoms with Crippen LogP contribution in [0.4, 0.5) is 0 Å². The average Bonchev–Trinajstić information content (AvgIpc) is 2.90. The first-order chi connectivity index (χ1) is 9.40. The number of nitrogens with zero attached hydrogens (tertiary/aromatic N) is 1. The van der Waals surface area contributed by atoms with Crippen LogP contribution in [-0.2, 0) is 12.8 Å². The molecule has 1 N–H and O–H groups in total. The zero-order valence-electron chi connectivity index (χ0n) is 10.8. The van der Waals surface area contributed by atoms with Crippen LogP contribution >= 0.6 is 0 Å². The second-order valence-electron chi connectivity index (χ2n) is 5.35. The van der Waals surface area contributed by atoms with Gasteiger partial charge in [0.1, 0.15) is 5.82 Å². The van der Waals surface area contributed by atoms with Crippen molar-refractivity contribution >= 4 is 11.0 Å². The van der Waals surface area contributed by atoms with Gasteiger partial charge < -0.3 is 4.98 Å². The fourth-order valence-corrected chi connectivity index (χ4v) is 3.10. The summed E-state index contributed by atoms with van der Waals surface area (Å²) in [4.78, 5) is 8.24. The molecule has 3 aromatic rings. The maximum absolute atomic E-state index is 4.75. The van der Waals surface area contributed by atoms with Crippen molar-refractivity contribution < 1.29 is 0 Å². The Labute approximate surface area is 112 Å². The maximum Gasteiger partial charge on any atom is 0.110 e. The standard InChI is InChI=1S/C17H16N2/c1-2-6-13-11-14(10-9-12(13)5-1)17-18-15-7-3-4-8-16(15)19-17/h1-8,14H,9-11H2,(H,18,19). The zero-order valence-corrected chi connectivity index (χ0v) is 10.8. The van der Waals surface area contributed by atoms with Crippen molar-refractivity contribution in [1.29, 1.82) is 0 Å². The molecular weight excluding hydrogens is 232 g/mol. The highest BCUT2D eigenvalue weighted by molar-refractivity contribution is 5.74. The predicted octanol–water partition coefficient (Wildman–Crippen LogP) is 3.84. The molecule has 0 amide bonds. The molecule has 0 radical (unpaired) electrons. The minimum absolute atomic E-state index is 0.530. The normalized spacial score (nSPS) is 18.4. The predicted molar refractivity (Wildman–Crippen MR) is 77.3 cm³/mol. The molecule has 1 heterocycles. The first kappa shape index (κ1) is 10.8. The van der Waals surface area contributed by atoms with Crippen molar-refractivity contribution in [2.75, 3.05) is 0 Å². The summed E-state index contributed by atoms with van der Waals surface area (Å²) in [7, 11) is 0. The van der Waals surface area contributed by atoms with Gasteiger partial charge >= 0.3 is 0 Å². The quantitative estimate of drug-likeness (QED) is 0.696. The molecule has 19 heavy (non-hydrogen) atoms. The third kappa shape index (κ3) is 1.84. The van der Waals surface area contributed by atoms with Crippen molar-refractivity contribution in [3.63, 3.8) is 0 Å². The number of hydrogen-bond acceptors (Lipinski definition) is 1. The van der Waals surface area contributed by atoms with Crippen LogP contribution in [0.3, 0.4) is 0 Å². The topological polar surface area (TPSA) is 28.7 Å². The number of fused-ring (bicyclic) bond motifs is 2. The summed E-state index contributed by atoms with van der Waals surface area (Å²) < 4.78 is 0. The number of benzene rings is 2. The SMILES string of the molecule is c1ccc2c(c1)CCC(c1nc3ccccc3[nH]1)C2. The molecule has 4 rings (SSSR count). The van der Waals surface area contributed by atoms with E-state index in [0.717, 1.165) is 29.7 Å². The van der Waals surface area contributed by atoms with E-state index in [2.05, 4.69) is 47.4 Å². The van der Waals surface area contributed by atoms with Crippen LogP contribution in [-0.4, -0.2) is 9.97 Å². The van der Waals surface area contributed by atoms with Crippen LogP contribution in [0.2, 0.25) is 0 Å². The van der Waals surface area contributed by atoms with E-state index >= 15 is 0 Å². The Kier molecular flexibility index (Phi) is 2.41. The van der Waals surface area contributed by atoms with E-state index in [1.54, 1.807) is 0 Å².